The van der Waals surface area contributed by atoms with Crippen molar-refractivity contribution in [3.63, 3.8) is 0 Å². The van der Waals surface area contributed by atoms with Crippen molar-refractivity contribution in [2.45, 2.75) is 25.7 Å². The third kappa shape index (κ3) is 15.0. The first-order valence-electron chi connectivity index (χ1n) is 7.27. The highest BCUT2D eigenvalue weighted by molar-refractivity contribution is 7.46. The van der Waals surface area contributed by atoms with Crippen LogP contribution in [0, 0.1) is 13.1 Å². The molecule has 0 saturated carbocycles. The number of amides is 1. The van der Waals surface area contributed by atoms with Crippen LogP contribution in [0.25, 0.3) is 9.69 Å². The van der Waals surface area contributed by atoms with Crippen LogP contribution >= 0.6 is 8.38 Å². The lowest BCUT2D eigenvalue weighted by Gasteiger charge is -2.11. The second-order valence-corrected chi connectivity index (χ2v) is 5.74. The van der Waals surface area contributed by atoms with Gasteiger partial charge in [0.2, 0.25) is 13.1 Å². The molecule has 8 heteroatoms. The summed E-state index contributed by atoms with van der Waals surface area (Å²) in [6, 6.07) is 0. The number of ether oxygens (including phenoxy) is 1. The predicted octanol–water partition coefficient (Wildman–Crippen LogP) is 3.09. The van der Waals surface area contributed by atoms with Crippen LogP contribution in [-0.2, 0) is 13.8 Å². The van der Waals surface area contributed by atoms with Crippen molar-refractivity contribution < 1.29 is 18.6 Å². The monoisotopic (exact) mass is 329 g/mol. The van der Waals surface area contributed by atoms with Crippen molar-refractivity contribution in [1.82, 2.24) is 5.32 Å². The van der Waals surface area contributed by atoms with Gasteiger partial charge >= 0.3 is 6.09 Å². The average molecular weight is 329 g/mol. The molecule has 0 aromatic heterocycles. The Kier molecular flexibility index (Phi) is 15.0. The molecule has 0 aliphatic rings. The number of nitrogens with zero attached hydrogens (tertiary/aromatic N) is 2. The zero-order chi connectivity index (χ0) is 16.5. The SMILES string of the molecule is [C-]#[N+]CCOC(=O)NCCCCCCOP(C)OCC[N+]#[C-]. The highest BCUT2D eigenvalue weighted by Crippen LogP contribution is 2.33. The van der Waals surface area contributed by atoms with E-state index in [9.17, 15) is 4.79 Å². The van der Waals surface area contributed by atoms with Crippen LogP contribution in [0.5, 0.6) is 0 Å². The molecule has 0 fully saturated rings. The number of carbonyl (C=O) groups excluding carboxylic acids is 1. The van der Waals surface area contributed by atoms with E-state index in [1.165, 1.54) is 0 Å². The van der Waals surface area contributed by atoms with E-state index in [-0.39, 0.29) is 13.2 Å². The van der Waals surface area contributed by atoms with Gasteiger partial charge in [-0.25, -0.2) is 17.9 Å². The van der Waals surface area contributed by atoms with Crippen LogP contribution in [0.4, 0.5) is 4.79 Å². The lowest BCUT2D eigenvalue weighted by Crippen LogP contribution is -2.26. The average Bonchev–Trinajstić information content (AvgIpc) is 2.50. The molecule has 0 heterocycles. The molecule has 1 amide bonds. The quantitative estimate of drug-likeness (QED) is 0.320. The molecular formula is C14H24N3O4P. The van der Waals surface area contributed by atoms with Gasteiger partial charge in [-0.1, -0.05) is 12.8 Å². The third-order valence-electron chi connectivity index (χ3n) is 2.53. The van der Waals surface area contributed by atoms with Crippen molar-refractivity contribution in [3.05, 3.63) is 22.8 Å². The summed E-state index contributed by atoms with van der Waals surface area (Å²) in [5, 5.41) is 2.64. The summed E-state index contributed by atoms with van der Waals surface area (Å²) in [5.41, 5.74) is 0. The summed E-state index contributed by atoms with van der Waals surface area (Å²) >= 11 is 0. The van der Waals surface area contributed by atoms with Crippen molar-refractivity contribution in [2.75, 3.05) is 46.1 Å². The Labute approximate surface area is 133 Å². The Hall–Kier alpha value is -1.40. The van der Waals surface area contributed by atoms with Gasteiger partial charge < -0.3 is 28.8 Å². The molecule has 0 radical (unpaired) electrons. The second-order valence-electron chi connectivity index (χ2n) is 4.35. The maximum atomic E-state index is 11.1. The Morgan fingerprint density at radius 2 is 1.64 bits per heavy atom. The Morgan fingerprint density at radius 1 is 1.00 bits per heavy atom. The van der Waals surface area contributed by atoms with Gasteiger partial charge in [0.15, 0.2) is 15.0 Å². The molecule has 1 unspecified atom stereocenters. The summed E-state index contributed by atoms with van der Waals surface area (Å²) in [4.78, 5) is 17.4. The fourth-order valence-electron chi connectivity index (χ4n) is 1.45. The Morgan fingerprint density at radius 3 is 2.36 bits per heavy atom. The van der Waals surface area contributed by atoms with Crippen LogP contribution in [0.3, 0.4) is 0 Å². The van der Waals surface area contributed by atoms with Gasteiger partial charge in [-0.2, -0.15) is 0 Å². The second kappa shape index (κ2) is 16.0. The molecule has 22 heavy (non-hydrogen) atoms. The highest BCUT2D eigenvalue weighted by atomic mass is 31.2. The van der Waals surface area contributed by atoms with Crippen LogP contribution in [0.1, 0.15) is 25.7 Å². The smallest absolute Gasteiger partial charge is 0.407 e. The molecule has 1 atom stereocenters. The minimum atomic E-state index is -0.874. The molecule has 1 N–H and O–H groups in total. The van der Waals surface area contributed by atoms with Gasteiger partial charge in [-0.15, -0.1) is 0 Å². The molecule has 0 aromatic rings. The number of unbranched alkanes of at least 4 members (excludes halogenated alkanes) is 3. The molecule has 7 nitrogen and oxygen atoms in total. The van der Waals surface area contributed by atoms with Gasteiger partial charge in [0.1, 0.15) is 6.61 Å². The summed E-state index contributed by atoms with van der Waals surface area (Å²) in [7, 11) is -0.874. The van der Waals surface area contributed by atoms with Crippen LogP contribution in [0.2, 0.25) is 0 Å². The number of nitrogens with one attached hydrogen (secondary N) is 1. The summed E-state index contributed by atoms with van der Waals surface area (Å²) < 4.78 is 15.6. The Bertz CT molecular complexity index is 368. The van der Waals surface area contributed by atoms with E-state index in [1.54, 1.807) is 0 Å². The maximum absolute atomic E-state index is 11.1. The zero-order valence-electron chi connectivity index (χ0n) is 13.0. The first-order chi connectivity index (χ1) is 10.7. The molecule has 0 bridgehead atoms. The summed E-state index contributed by atoms with van der Waals surface area (Å²) in [5.74, 6) is 0. The molecule has 0 aromatic carbocycles. The number of hydrogen-bond acceptors (Lipinski definition) is 4. The van der Waals surface area contributed by atoms with E-state index in [0.717, 1.165) is 25.7 Å². The molecule has 0 aliphatic heterocycles. The minimum Gasteiger partial charge on any atom is -0.442 e. The molecule has 0 aliphatic carbocycles. The number of carbonyl (C=O) groups is 1. The molecule has 0 rings (SSSR count). The zero-order valence-corrected chi connectivity index (χ0v) is 13.9. The molecular weight excluding hydrogens is 305 g/mol. The van der Waals surface area contributed by atoms with Crippen molar-refractivity contribution in [3.8, 4) is 0 Å². The lowest BCUT2D eigenvalue weighted by atomic mass is 10.2. The van der Waals surface area contributed by atoms with Crippen molar-refractivity contribution in [2.24, 2.45) is 0 Å². The highest BCUT2D eigenvalue weighted by Gasteiger charge is 2.03. The number of hydrogen-bond donors (Lipinski definition) is 1. The van der Waals surface area contributed by atoms with Crippen LogP contribution in [-0.4, -0.2) is 52.2 Å². The predicted molar refractivity (Wildman–Crippen MR) is 85.5 cm³/mol. The third-order valence-corrected chi connectivity index (χ3v) is 3.62. The summed E-state index contributed by atoms with van der Waals surface area (Å²) in [6.45, 7) is 17.5. The van der Waals surface area contributed by atoms with E-state index < -0.39 is 14.5 Å². The summed E-state index contributed by atoms with van der Waals surface area (Å²) in [6.07, 6.45) is 3.42. The maximum Gasteiger partial charge on any atom is 0.407 e. The molecule has 0 spiro atoms. The van der Waals surface area contributed by atoms with E-state index in [4.69, 9.17) is 26.9 Å². The van der Waals surface area contributed by atoms with Gasteiger partial charge in [0.25, 0.3) is 0 Å². The topological polar surface area (TPSA) is 65.5 Å². The van der Waals surface area contributed by atoms with Crippen molar-refractivity contribution in [1.29, 1.82) is 0 Å². The minimum absolute atomic E-state index is 0.143. The number of alkyl carbamates (subject to hydrolysis) is 1. The van der Waals surface area contributed by atoms with Gasteiger partial charge in [0.05, 0.1) is 6.61 Å². The van der Waals surface area contributed by atoms with E-state index in [1.807, 2.05) is 6.66 Å². The van der Waals surface area contributed by atoms with Crippen molar-refractivity contribution >= 4 is 14.5 Å². The normalized spacial score (nSPS) is 11.2. The standard InChI is InChI=1S/C14H24N3O4P/c1-15-9-12-19-14(18)17-8-6-4-5-7-11-20-22(3)21-13-10-16-2/h4-13H2,3H3,(H,17,18). The first kappa shape index (κ1) is 20.6. The fraction of sp³-hybridized carbons (Fsp3) is 0.786. The van der Waals surface area contributed by atoms with Crippen LogP contribution in [0.15, 0.2) is 0 Å². The van der Waals surface area contributed by atoms with Crippen LogP contribution < -0.4 is 5.32 Å². The van der Waals surface area contributed by atoms with Gasteiger partial charge in [-0.3, -0.25) is 0 Å². The van der Waals surface area contributed by atoms with Gasteiger partial charge in [-0.05, 0) is 12.8 Å². The van der Waals surface area contributed by atoms with Gasteiger partial charge in [0, 0.05) is 13.2 Å². The number of rotatable bonds is 13. The molecule has 124 valence electrons. The Balaban J connectivity index is 3.25. The molecule has 0 saturated heterocycles. The van der Waals surface area contributed by atoms with E-state index in [0.29, 0.717) is 26.3 Å². The fourth-order valence-corrected chi connectivity index (χ4v) is 2.25. The van der Waals surface area contributed by atoms with E-state index >= 15 is 0 Å². The first-order valence-corrected chi connectivity index (χ1v) is 8.89. The van der Waals surface area contributed by atoms with E-state index in [2.05, 4.69) is 15.0 Å². The lowest BCUT2D eigenvalue weighted by molar-refractivity contribution is 0.151. The largest absolute Gasteiger partial charge is 0.442 e.